The molecule has 0 aromatic heterocycles. The largest absolute Gasteiger partial charge is 0.365 e. The van der Waals surface area contributed by atoms with Gasteiger partial charge in [-0.15, -0.1) is 0 Å². The number of hydrogen-bond acceptors (Lipinski definition) is 3. The van der Waals surface area contributed by atoms with Crippen LogP contribution in [0.4, 0.5) is 0 Å². The van der Waals surface area contributed by atoms with Crippen molar-refractivity contribution < 1.29 is 14.3 Å². The van der Waals surface area contributed by atoms with Crippen molar-refractivity contribution in [1.29, 1.82) is 0 Å². The first-order chi connectivity index (χ1) is 11.2. The standard InChI is InChI=1S/C18H32N2O3/c1-2-16(23-15-9-5-6-10-15)18(22)19-12-11-17(21)20-13-7-3-4-8-14-20/h15-16H,2-14H2,1H3,(H,19,22). The smallest absolute Gasteiger partial charge is 0.249 e. The summed E-state index contributed by atoms with van der Waals surface area (Å²) in [5, 5.41) is 2.88. The Bertz CT molecular complexity index is 372. The number of hydrogen-bond donors (Lipinski definition) is 1. The molecule has 0 radical (unpaired) electrons. The second-order valence-corrected chi connectivity index (χ2v) is 6.78. The maximum Gasteiger partial charge on any atom is 0.249 e. The van der Waals surface area contributed by atoms with Gasteiger partial charge in [-0.2, -0.15) is 0 Å². The molecule has 5 nitrogen and oxygen atoms in total. The van der Waals surface area contributed by atoms with Crippen LogP contribution in [-0.4, -0.2) is 48.6 Å². The Balaban J connectivity index is 1.66. The summed E-state index contributed by atoms with van der Waals surface area (Å²) in [5.74, 6) is 0.0972. The molecular weight excluding hydrogens is 292 g/mol. The van der Waals surface area contributed by atoms with E-state index in [-0.39, 0.29) is 24.0 Å². The number of carbonyl (C=O) groups excluding carboxylic acids is 2. The number of amides is 2. The summed E-state index contributed by atoms with van der Waals surface area (Å²) in [5.41, 5.74) is 0. The summed E-state index contributed by atoms with van der Waals surface area (Å²) >= 11 is 0. The molecule has 1 heterocycles. The topological polar surface area (TPSA) is 58.6 Å². The van der Waals surface area contributed by atoms with E-state index in [4.69, 9.17) is 4.74 Å². The van der Waals surface area contributed by atoms with E-state index in [0.29, 0.717) is 19.4 Å². The highest BCUT2D eigenvalue weighted by atomic mass is 16.5. The Morgan fingerprint density at radius 2 is 1.74 bits per heavy atom. The maximum atomic E-state index is 12.2. The first-order valence-corrected chi connectivity index (χ1v) is 9.41. The van der Waals surface area contributed by atoms with E-state index in [1.165, 1.54) is 25.7 Å². The molecule has 1 unspecified atom stereocenters. The molecule has 1 saturated carbocycles. The van der Waals surface area contributed by atoms with Crippen LogP contribution in [0, 0.1) is 0 Å². The summed E-state index contributed by atoms with van der Waals surface area (Å²) in [4.78, 5) is 26.4. The number of ether oxygens (including phenoxy) is 1. The third-order valence-electron chi connectivity index (χ3n) is 4.92. The molecule has 2 aliphatic rings. The van der Waals surface area contributed by atoms with E-state index in [9.17, 15) is 9.59 Å². The van der Waals surface area contributed by atoms with Crippen molar-refractivity contribution >= 4 is 11.8 Å². The van der Waals surface area contributed by atoms with Gasteiger partial charge in [-0.25, -0.2) is 0 Å². The van der Waals surface area contributed by atoms with Crippen molar-refractivity contribution in [2.45, 2.75) is 83.3 Å². The molecule has 0 bridgehead atoms. The van der Waals surface area contributed by atoms with Gasteiger partial charge in [-0.05, 0) is 32.1 Å². The molecule has 0 aromatic carbocycles. The molecule has 23 heavy (non-hydrogen) atoms. The zero-order chi connectivity index (χ0) is 16.5. The predicted octanol–water partition coefficient (Wildman–Crippen LogP) is 2.63. The summed E-state index contributed by atoms with van der Waals surface area (Å²) in [7, 11) is 0. The zero-order valence-corrected chi connectivity index (χ0v) is 14.5. The lowest BCUT2D eigenvalue weighted by Crippen LogP contribution is -2.40. The molecule has 5 heteroatoms. The van der Waals surface area contributed by atoms with E-state index < -0.39 is 0 Å². The normalized spacial score (nSPS) is 21.0. The molecule has 1 atom stereocenters. The molecule has 1 aliphatic heterocycles. The summed E-state index contributed by atoms with van der Waals surface area (Å²) in [6.45, 7) is 4.13. The summed E-state index contributed by atoms with van der Waals surface area (Å²) in [6, 6.07) is 0. The lowest BCUT2D eigenvalue weighted by Gasteiger charge is -2.22. The van der Waals surface area contributed by atoms with Crippen LogP contribution in [0.1, 0.15) is 71.1 Å². The number of rotatable bonds is 7. The van der Waals surface area contributed by atoms with E-state index in [1.807, 2.05) is 11.8 Å². The molecule has 2 fully saturated rings. The van der Waals surface area contributed by atoms with Gasteiger partial charge < -0.3 is 15.0 Å². The fourth-order valence-electron chi connectivity index (χ4n) is 3.48. The van der Waals surface area contributed by atoms with Crippen molar-refractivity contribution in [3.63, 3.8) is 0 Å². The van der Waals surface area contributed by atoms with E-state index >= 15 is 0 Å². The lowest BCUT2D eigenvalue weighted by molar-refractivity contribution is -0.137. The van der Waals surface area contributed by atoms with Crippen LogP contribution < -0.4 is 5.32 Å². The number of nitrogens with zero attached hydrogens (tertiary/aromatic N) is 1. The fraction of sp³-hybridized carbons (Fsp3) is 0.889. The number of nitrogens with one attached hydrogen (secondary N) is 1. The Labute approximate surface area is 140 Å². The van der Waals surface area contributed by atoms with Crippen molar-refractivity contribution in [2.24, 2.45) is 0 Å². The Morgan fingerprint density at radius 3 is 2.35 bits per heavy atom. The van der Waals surface area contributed by atoms with Gasteiger partial charge in [-0.3, -0.25) is 9.59 Å². The second-order valence-electron chi connectivity index (χ2n) is 6.78. The third-order valence-corrected chi connectivity index (χ3v) is 4.92. The monoisotopic (exact) mass is 324 g/mol. The van der Waals surface area contributed by atoms with Gasteiger partial charge in [0.1, 0.15) is 6.10 Å². The third kappa shape index (κ3) is 6.13. The van der Waals surface area contributed by atoms with Gasteiger partial charge >= 0.3 is 0 Å². The number of carbonyl (C=O) groups is 2. The lowest BCUT2D eigenvalue weighted by atomic mass is 10.2. The van der Waals surface area contributed by atoms with Gasteiger partial charge in [0.25, 0.3) is 0 Å². The van der Waals surface area contributed by atoms with Gasteiger partial charge in [-0.1, -0.05) is 32.6 Å². The van der Waals surface area contributed by atoms with Crippen LogP contribution in [0.3, 0.4) is 0 Å². The van der Waals surface area contributed by atoms with Crippen LogP contribution in [0.15, 0.2) is 0 Å². The predicted molar refractivity (Wildman–Crippen MR) is 90.1 cm³/mol. The highest BCUT2D eigenvalue weighted by Crippen LogP contribution is 2.22. The van der Waals surface area contributed by atoms with Crippen molar-refractivity contribution in [1.82, 2.24) is 10.2 Å². The van der Waals surface area contributed by atoms with Crippen LogP contribution >= 0.6 is 0 Å². The summed E-state index contributed by atoms with van der Waals surface area (Å²) < 4.78 is 5.91. The van der Waals surface area contributed by atoms with Crippen LogP contribution in [0.25, 0.3) is 0 Å². The Morgan fingerprint density at radius 1 is 1.09 bits per heavy atom. The molecule has 2 rings (SSSR count). The first kappa shape index (κ1) is 18.2. The van der Waals surface area contributed by atoms with Gasteiger partial charge in [0.15, 0.2) is 0 Å². The molecule has 0 spiro atoms. The van der Waals surface area contributed by atoms with Crippen molar-refractivity contribution in [3.05, 3.63) is 0 Å². The molecule has 132 valence electrons. The minimum absolute atomic E-state index is 0.0666. The minimum Gasteiger partial charge on any atom is -0.365 e. The van der Waals surface area contributed by atoms with Gasteiger partial charge in [0, 0.05) is 26.1 Å². The highest BCUT2D eigenvalue weighted by molar-refractivity contribution is 5.82. The maximum absolute atomic E-state index is 12.2. The molecule has 0 aromatic rings. The number of likely N-dealkylation sites (tertiary alicyclic amines) is 1. The van der Waals surface area contributed by atoms with E-state index in [2.05, 4.69) is 5.32 Å². The van der Waals surface area contributed by atoms with Crippen LogP contribution in [0.5, 0.6) is 0 Å². The second kappa shape index (κ2) is 9.91. The zero-order valence-electron chi connectivity index (χ0n) is 14.5. The molecule has 1 aliphatic carbocycles. The molecular formula is C18H32N2O3. The van der Waals surface area contributed by atoms with E-state index in [0.717, 1.165) is 38.8 Å². The molecule has 1 saturated heterocycles. The van der Waals surface area contributed by atoms with Crippen LogP contribution in [-0.2, 0) is 14.3 Å². The van der Waals surface area contributed by atoms with Crippen LogP contribution in [0.2, 0.25) is 0 Å². The molecule has 1 N–H and O–H groups in total. The summed E-state index contributed by atoms with van der Waals surface area (Å²) in [6.07, 6.45) is 10.1. The average Bonchev–Trinajstić information content (AvgIpc) is 2.91. The quantitative estimate of drug-likeness (QED) is 0.783. The average molecular weight is 324 g/mol. The highest BCUT2D eigenvalue weighted by Gasteiger charge is 2.24. The minimum atomic E-state index is -0.369. The fourth-order valence-corrected chi connectivity index (χ4v) is 3.48. The van der Waals surface area contributed by atoms with Crippen molar-refractivity contribution in [3.8, 4) is 0 Å². The molecule has 2 amide bonds. The van der Waals surface area contributed by atoms with Gasteiger partial charge in [0.2, 0.25) is 11.8 Å². The Hall–Kier alpha value is -1.10. The first-order valence-electron chi connectivity index (χ1n) is 9.41. The van der Waals surface area contributed by atoms with Crippen molar-refractivity contribution in [2.75, 3.05) is 19.6 Å². The van der Waals surface area contributed by atoms with E-state index in [1.54, 1.807) is 0 Å². The van der Waals surface area contributed by atoms with Gasteiger partial charge in [0.05, 0.1) is 6.10 Å². The Kier molecular flexibility index (Phi) is 7.86. The SMILES string of the molecule is CCC(OC1CCCC1)C(=O)NCCC(=O)N1CCCCCC1.